The average Bonchev–Trinajstić information content (AvgIpc) is 2.70. The van der Waals surface area contributed by atoms with Crippen molar-refractivity contribution in [3.05, 3.63) is 23.8 Å². The Morgan fingerprint density at radius 3 is 2.89 bits per heavy atom. The fourth-order valence-electron chi connectivity index (χ4n) is 3.83. The highest BCUT2D eigenvalue weighted by atomic mass is 35.5. The predicted molar refractivity (Wildman–Crippen MR) is 85.6 cm³/mol. The molecule has 3 aliphatic heterocycles. The third-order valence-corrected chi connectivity index (χ3v) is 4.67. The first-order valence-corrected chi connectivity index (χ1v) is 6.67. The van der Waals surface area contributed by atoms with E-state index >= 15 is 0 Å². The molecule has 1 aromatic rings. The SMILES string of the molecule is CN1CCN2c3c(cccc31)[C@@H]1CNCC[C@@H]12.Cl.Cl. The molecule has 3 aliphatic rings. The third-order valence-electron chi connectivity index (χ3n) is 4.67. The Morgan fingerprint density at radius 1 is 1.21 bits per heavy atom. The zero-order valence-electron chi connectivity index (χ0n) is 11.1. The molecular formula is C14H21Cl2N3. The van der Waals surface area contributed by atoms with Gasteiger partial charge in [0.25, 0.3) is 0 Å². The van der Waals surface area contributed by atoms with Gasteiger partial charge in [0.15, 0.2) is 0 Å². The summed E-state index contributed by atoms with van der Waals surface area (Å²) in [6, 6.07) is 7.59. The number of rotatable bonds is 0. The standard InChI is InChI=1S/C14H19N3.2ClH/c1-16-7-8-17-12-5-6-15-9-11(12)10-3-2-4-13(16)14(10)17;;/h2-4,11-12,15H,5-9H2,1H3;2*1H/t11-,12-;;/m0../s1. The second-order valence-electron chi connectivity index (χ2n) is 5.50. The molecule has 0 aliphatic carbocycles. The largest absolute Gasteiger partial charge is 0.371 e. The van der Waals surface area contributed by atoms with E-state index in [-0.39, 0.29) is 24.8 Å². The molecule has 0 spiro atoms. The van der Waals surface area contributed by atoms with Crippen LogP contribution in [0.25, 0.3) is 0 Å². The van der Waals surface area contributed by atoms with Crippen LogP contribution in [0, 0.1) is 0 Å². The van der Waals surface area contributed by atoms with Gasteiger partial charge in [-0.1, -0.05) is 12.1 Å². The fraction of sp³-hybridized carbons (Fsp3) is 0.571. The maximum atomic E-state index is 3.55. The Kier molecular flexibility index (Phi) is 4.19. The molecule has 0 bridgehead atoms. The highest BCUT2D eigenvalue weighted by Crippen LogP contribution is 2.49. The maximum absolute atomic E-state index is 3.55. The van der Waals surface area contributed by atoms with Gasteiger partial charge in [0.1, 0.15) is 0 Å². The smallest absolute Gasteiger partial charge is 0.0644 e. The summed E-state index contributed by atoms with van der Waals surface area (Å²) < 4.78 is 0. The molecule has 19 heavy (non-hydrogen) atoms. The van der Waals surface area contributed by atoms with Crippen LogP contribution in [0.3, 0.4) is 0 Å². The zero-order chi connectivity index (χ0) is 11.4. The van der Waals surface area contributed by atoms with Crippen LogP contribution in [0.15, 0.2) is 18.2 Å². The summed E-state index contributed by atoms with van der Waals surface area (Å²) in [5, 5.41) is 3.55. The molecule has 1 N–H and O–H groups in total. The molecule has 3 heterocycles. The molecule has 0 amide bonds. The Bertz CT molecular complexity index is 466. The number of likely N-dealkylation sites (N-methyl/N-ethyl adjacent to an activating group) is 1. The number of nitrogens with one attached hydrogen (secondary N) is 1. The Hall–Kier alpha value is -0.640. The molecule has 1 aromatic carbocycles. The topological polar surface area (TPSA) is 18.5 Å². The second kappa shape index (κ2) is 5.39. The Balaban J connectivity index is 0.000000667. The van der Waals surface area contributed by atoms with Gasteiger partial charge in [0.2, 0.25) is 0 Å². The van der Waals surface area contributed by atoms with Crippen LogP contribution in [0.4, 0.5) is 11.4 Å². The van der Waals surface area contributed by atoms with Crippen molar-refractivity contribution in [1.82, 2.24) is 5.32 Å². The molecule has 0 aromatic heterocycles. The van der Waals surface area contributed by atoms with Crippen molar-refractivity contribution in [2.24, 2.45) is 0 Å². The van der Waals surface area contributed by atoms with E-state index in [9.17, 15) is 0 Å². The van der Waals surface area contributed by atoms with Crippen LogP contribution in [-0.4, -0.2) is 39.3 Å². The van der Waals surface area contributed by atoms with E-state index in [2.05, 4.69) is 40.4 Å². The lowest BCUT2D eigenvalue weighted by atomic mass is 9.90. The molecule has 2 atom stereocenters. The lowest BCUT2D eigenvalue weighted by Gasteiger charge is -2.39. The molecule has 1 fully saturated rings. The van der Waals surface area contributed by atoms with E-state index in [1.807, 2.05) is 0 Å². The number of benzene rings is 1. The minimum Gasteiger partial charge on any atom is -0.371 e. The van der Waals surface area contributed by atoms with Gasteiger partial charge < -0.3 is 15.1 Å². The number of piperidine rings is 1. The average molecular weight is 302 g/mol. The zero-order valence-corrected chi connectivity index (χ0v) is 12.8. The summed E-state index contributed by atoms with van der Waals surface area (Å²) in [5.74, 6) is 0.713. The van der Waals surface area contributed by atoms with Crippen LogP contribution in [0.2, 0.25) is 0 Å². The second-order valence-corrected chi connectivity index (χ2v) is 5.50. The van der Waals surface area contributed by atoms with Crippen molar-refractivity contribution in [2.45, 2.75) is 18.4 Å². The minimum atomic E-state index is 0. The van der Waals surface area contributed by atoms with E-state index in [1.165, 1.54) is 30.9 Å². The van der Waals surface area contributed by atoms with Gasteiger partial charge >= 0.3 is 0 Å². The summed E-state index contributed by atoms with van der Waals surface area (Å²) >= 11 is 0. The third kappa shape index (κ3) is 1.99. The molecule has 4 rings (SSSR count). The maximum Gasteiger partial charge on any atom is 0.0644 e. The number of hydrogen-bond donors (Lipinski definition) is 1. The van der Waals surface area contributed by atoms with Gasteiger partial charge in [-0.15, -0.1) is 24.8 Å². The van der Waals surface area contributed by atoms with Crippen LogP contribution >= 0.6 is 24.8 Å². The number of hydrogen-bond acceptors (Lipinski definition) is 3. The fourth-order valence-corrected chi connectivity index (χ4v) is 3.83. The van der Waals surface area contributed by atoms with Gasteiger partial charge in [-0.25, -0.2) is 0 Å². The van der Waals surface area contributed by atoms with Crippen molar-refractivity contribution in [3.8, 4) is 0 Å². The molecule has 0 unspecified atom stereocenters. The number of fused-ring (bicyclic) bond motifs is 3. The highest BCUT2D eigenvalue weighted by Gasteiger charge is 2.42. The quantitative estimate of drug-likeness (QED) is 0.793. The molecule has 106 valence electrons. The lowest BCUT2D eigenvalue weighted by Crippen LogP contribution is -2.48. The number of nitrogens with zero attached hydrogens (tertiary/aromatic N) is 2. The van der Waals surface area contributed by atoms with Gasteiger partial charge in [-0.05, 0) is 24.6 Å². The minimum absolute atomic E-state index is 0. The number of anilines is 2. The number of para-hydroxylation sites is 1. The van der Waals surface area contributed by atoms with Gasteiger partial charge in [-0.2, -0.15) is 0 Å². The number of halogens is 2. The van der Waals surface area contributed by atoms with Crippen LogP contribution < -0.4 is 15.1 Å². The van der Waals surface area contributed by atoms with Crippen molar-refractivity contribution in [2.75, 3.05) is 43.0 Å². The van der Waals surface area contributed by atoms with Gasteiger partial charge in [0.05, 0.1) is 11.4 Å². The first kappa shape index (κ1) is 14.8. The normalized spacial score (nSPS) is 27.0. The Labute approximate surface area is 127 Å². The Morgan fingerprint density at radius 2 is 2.05 bits per heavy atom. The summed E-state index contributed by atoms with van der Waals surface area (Å²) in [7, 11) is 2.22. The van der Waals surface area contributed by atoms with E-state index in [0.29, 0.717) is 5.92 Å². The monoisotopic (exact) mass is 301 g/mol. The molecule has 5 heteroatoms. The summed E-state index contributed by atoms with van der Waals surface area (Å²) in [4.78, 5) is 5.08. The van der Waals surface area contributed by atoms with Gasteiger partial charge in [-0.3, -0.25) is 0 Å². The van der Waals surface area contributed by atoms with Crippen molar-refractivity contribution < 1.29 is 0 Å². The van der Waals surface area contributed by atoms with Crippen molar-refractivity contribution >= 4 is 36.2 Å². The molecular weight excluding hydrogens is 281 g/mol. The van der Waals surface area contributed by atoms with E-state index < -0.39 is 0 Å². The summed E-state index contributed by atoms with van der Waals surface area (Å²) in [6.45, 7) is 4.69. The predicted octanol–water partition coefficient (Wildman–Crippen LogP) is 2.25. The molecule has 1 saturated heterocycles. The van der Waals surface area contributed by atoms with Crippen LogP contribution in [0.1, 0.15) is 17.9 Å². The van der Waals surface area contributed by atoms with Crippen molar-refractivity contribution in [3.63, 3.8) is 0 Å². The van der Waals surface area contributed by atoms with E-state index in [4.69, 9.17) is 0 Å². The first-order chi connectivity index (χ1) is 8.36. The van der Waals surface area contributed by atoms with Crippen molar-refractivity contribution in [1.29, 1.82) is 0 Å². The van der Waals surface area contributed by atoms with Crippen LogP contribution in [0.5, 0.6) is 0 Å². The summed E-state index contributed by atoms with van der Waals surface area (Å²) in [5.41, 5.74) is 4.54. The molecule has 0 saturated carbocycles. The molecule has 3 nitrogen and oxygen atoms in total. The summed E-state index contributed by atoms with van der Waals surface area (Å²) in [6.07, 6.45) is 1.29. The van der Waals surface area contributed by atoms with E-state index in [0.717, 1.165) is 19.1 Å². The highest BCUT2D eigenvalue weighted by molar-refractivity contribution is 5.85. The first-order valence-electron chi connectivity index (χ1n) is 6.67. The lowest BCUT2D eigenvalue weighted by molar-refractivity contribution is 0.402. The van der Waals surface area contributed by atoms with E-state index in [1.54, 1.807) is 5.56 Å². The molecule has 0 radical (unpaired) electrons. The van der Waals surface area contributed by atoms with Gasteiger partial charge in [0, 0.05) is 38.6 Å². The van der Waals surface area contributed by atoms with Crippen LogP contribution in [-0.2, 0) is 0 Å².